The third-order valence-electron chi connectivity index (χ3n) is 3.44. The van der Waals surface area contributed by atoms with E-state index < -0.39 is 0 Å². The van der Waals surface area contributed by atoms with E-state index in [9.17, 15) is 0 Å². The first-order valence-corrected chi connectivity index (χ1v) is 7.85. The van der Waals surface area contributed by atoms with Crippen LogP contribution in [0, 0.1) is 6.92 Å². The molecule has 1 aromatic rings. The molecule has 0 radical (unpaired) electrons. The van der Waals surface area contributed by atoms with Crippen LogP contribution in [-0.4, -0.2) is 36.0 Å². The lowest BCUT2D eigenvalue weighted by Gasteiger charge is -2.20. The first-order valence-electron chi connectivity index (χ1n) is 7.03. The molecule has 19 heavy (non-hydrogen) atoms. The number of nitrogens with zero attached hydrogens (tertiary/aromatic N) is 3. The fraction of sp³-hybridized carbons (Fsp3) is 0.714. The zero-order chi connectivity index (χ0) is 13.8. The Morgan fingerprint density at radius 1 is 1.42 bits per heavy atom. The molecule has 0 saturated carbocycles. The van der Waals surface area contributed by atoms with E-state index in [1.807, 2.05) is 7.05 Å². The molecule has 2 rings (SSSR count). The Balaban J connectivity index is 1.95. The molecule has 0 aromatic carbocycles. The second-order valence-electron chi connectivity index (χ2n) is 5.30. The van der Waals surface area contributed by atoms with E-state index in [-0.39, 0.29) is 0 Å². The highest BCUT2D eigenvalue weighted by Gasteiger charge is 2.16. The lowest BCUT2D eigenvalue weighted by molar-refractivity contribution is 0.493. The molecular weight excluding hydrogens is 256 g/mol. The van der Waals surface area contributed by atoms with Crippen LogP contribution in [-0.2, 0) is 6.54 Å². The number of aliphatic imine (C=N–C) groups is 1. The Bertz CT molecular complexity index is 444. The second-order valence-corrected chi connectivity index (χ2v) is 6.59. The number of nitrogens with one attached hydrogen (secondary N) is 1. The minimum atomic E-state index is 0.503. The SMILES string of the molecule is CN=C(NCc1nc(C(C)C)c(C)s1)N1CCCC1. The van der Waals surface area contributed by atoms with Crippen LogP contribution in [0.4, 0.5) is 0 Å². The fourth-order valence-corrected chi connectivity index (χ4v) is 3.52. The maximum atomic E-state index is 4.72. The van der Waals surface area contributed by atoms with Crippen molar-refractivity contribution >= 4 is 17.3 Å². The van der Waals surface area contributed by atoms with E-state index in [4.69, 9.17) is 4.98 Å². The van der Waals surface area contributed by atoms with Gasteiger partial charge in [-0.2, -0.15) is 0 Å². The summed E-state index contributed by atoms with van der Waals surface area (Å²) in [5, 5.41) is 4.59. The van der Waals surface area contributed by atoms with Gasteiger partial charge in [0.25, 0.3) is 0 Å². The van der Waals surface area contributed by atoms with Crippen LogP contribution >= 0.6 is 11.3 Å². The van der Waals surface area contributed by atoms with Gasteiger partial charge >= 0.3 is 0 Å². The predicted molar refractivity (Wildman–Crippen MR) is 81.9 cm³/mol. The summed E-state index contributed by atoms with van der Waals surface area (Å²) in [5.74, 6) is 1.51. The van der Waals surface area contributed by atoms with Crippen molar-refractivity contribution in [2.24, 2.45) is 4.99 Å². The topological polar surface area (TPSA) is 40.5 Å². The van der Waals surface area contributed by atoms with Crippen LogP contribution in [0.3, 0.4) is 0 Å². The molecule has 0 atom stereocenters. The molecular formula is C14H24N4S. The van der Waals surface area contributed by atoms with Gasteiger partial charge in [0.1, 0.15) is 5.01 Å². The smallest absolute Gasteiger partial charge is 0.193 e. The minimum absolute atomic E-state index is 0.503. The quantitative estimate of drug-likeness (QED) is 0.683. The summed E-state index contributed by atoms with van der Waals surface area (Å²) in [6.45, 7) is 9.57. The Labute approximate surface area is 120 Å². The lowest BCUT2D eigenvalue weighted by Crippen LogP contribution is -2.39. The molecule has 1 fully saturated rings. The zero-order valence-corrected chi connectivity index (χ0v) is 13.2. The molecule has 0 aliphatic carbocycles. The van der Waals surface area contributed by atoms with Crippen molar-refractivity contribution in [1.82, 2.24) is 15.2 Å². The van der Waals surface area contributed by atoms with Gasteiger partial charge < -0.3 is 10.2 Å². The van der Waals surface area contributed by atoms with Crippen molar-refractivity contribution in [2.45, 2.75) is 46.1 Å². The average molecular weight is 280 g/mol. The normalized spacial score (nSPS) is 16.5. The van der Waals surface area contributed by atoms with E-state index in [0.717, 1.165) is 30.6 Å². The van der Waals surface area contributed by atoms with Gasteiger partial charge in [0.05, 0.1) is 12.2 Å². The number of aromatic nitrogens is 1. The highest BCUT2D eigenvalue weighted by Crippen LogP contribution is 2.24. The summed E-state index contributed by atoms with van der Waals surface area (Å²) in [7, 11) is 1.85. The molecule has 5 heteroatoms. The molecule has 0 amide bonds. The second kappa shape index (κ2) is 6.37. The summed E-state index contributed by atoms with van der Waals surface area (Å²) >= 11 is 1.79. The van der Waals surface area contributed by atoms with Gasteiger partial charge in [0, 0.05) is 25.0 Å². The Hall–Kier alpha value is -1.10. The minimum Gasteiger partial charge on any atom is -0.350 e. The highest BCUT2D eigenvalue weighted by molar-refractivity contribution is 7.11. The molecule has 1 saturated heterocycles. The average Bonchev–Trinajstić information content (AvgIpc) is 3.00. The largest absolute Gasteiger partial charge is 0.350 e. The van der Waals surface area contributed by atoms with Crippen LogP contribution in [0.25, 0.3) is 0 Å². The van der Waals surface area contributed by atoms with Gasteiger partial charge in [-0.05, 0) is 25.7 Å². The first-order chi connectivity index (χ1) is 9.11. The van der Waals surface area contributed by atoms with E-state index in [0.29, 0.717) is 5.92 Å². The maximum Gasteiger partial charge on any atom is 0.193 e. The molecule has 106 valence electrons. The summed E-state index contributed by atoms with van der Waals surface area (Å²) in [6, 6.07) is 0. The fourth-order valence-electron chi connectivity index (χ4n) is 2.49. The molecule has 1 aliphatic heterocycles. The lowest BCUT2D eigenvalue weighted by atomic mass is 10.1. The number of hydrogen-bond acceptors (Lipinski definition) is 3. The molecule has 1 aromatic heterocycles. The third kappa shape index (κ3) is 3.47. The summed E-state index contributed by atoms with van der Waals surface area (Å²) in [5.41, 5.74) is 1.23. The third-order valence-corrected chi connectivity index (χ3v) is 4.43. The van der Waals surface area contributed by atoms with Crippen molar-refractivity contribution in [3.63, 3.8) is 0 Å². The van der Waals surface area contributed by atoms with Gasteiger partial charge in [-0.1, -0.05) is 13.8 Å². The van der Waals surface area contributed by atoms with Gasteiger partial charge in [-0.25, -0.2) is 4.98 Å². The molecule has 1 N–H and O–H groups in total. The predicted octanol–water partition coefficient (Wildman–Crippen LogP) is 2.75. The first kappa shape index (κ1) is 14.3. The monoisotopic (exact) mass is 280 g/mol. The van der Waals surface area contributed by atoms with Crippen LogP contribution < -0.4 is 5.32 Å². The standard InChI is InChI=1S/C14H24N4S/c1-10(2)13-11(3)19-12(17-13)9-16-14(15-4)18-7-5-6-8-18/h10H,5-9H2,1-4H3,(H,15,16). The molecule has 1 aliphatic rings. The molecule has 0 unspecified atom stereocenters. The van der Waals surface area contributed by atoms with Gasteiger partial charge in [0.15, 0.2) is 5.96 Å². The zero-order valence-electron chi connectivity index (χ0n) is 12.4. The van der Waals surface area contributed by atoms with E-state index >= 15 is 0 Å². The maximum absolute atomic E-state index is 4.72. The van der Waals surface area contributed by atoms with Crippen molar-refractivity contribution in [1.29, 1.82) is 0 Å². The number of aryl methyl sites for hydroxylation is 1. The molecule has 0 spiro atoms. The van der Waals surface area contributed by atoms with Crippen LogP contribution in [0.5, 0.6) is 0 Å². The van der Waals surface area contributed by atoms with Crippen LogP contribution in [0.1, 0.15) is 48.2 Å². The van der Waals surface area contributed by atoms with Crippen LogP contribution in [0.15, 0.2) is 4.99 Å². The molecule has 2 heterocycles. The summed E-state index contributed by atoms with van der Waals surface area (Å²) < 4.78 is 0. The van der Waals surface area contributed by atoms with Crippen molar-refractivity contribution in [2.75, 3.05) is 20.1 Å². The van der Waals surface area contributed by atoms with Crippen molar-refractivity contribution in [3.8, 4) is 0 Å². The number of rotatable bonds is 3. The Morgan fingerprint density at radius 2 is 2.11 bits per heavy atom. The van der Waals surface area contributed by atoms with E-state index in [2.05, 4.69) is 36.0 Å². The van der Waals surface area contributed by atoms with E-state index in [1.165, 1.54) is 23.4 Å². The molecule has 4 nitrogen and oxygen atoms in total. The number of thiazole rings is 1. The highest BCUT2D eigenvalue weighted by atomic mass is 32.1. The Kier molecular flexibility index (Phi) is 4.80. The Morgan fingerprint density at radius 3 is 2.63 bits per heavy atom. The van der Waals surface area contributed by atoms with Crippen molar-refractivity contribution in [3.05, 3.63) is 15.6 Å². The van der Waals surface area contributed by atoms with Gasteiger partial charge in [-0.3, -0.25) is 4.99 Å². The van der Waals surface area contributed by atoms with Crippen molar-refractivity contribution < 1.29 is 0 Å². The van der Waals surface area contributed by atoms with Gasteiger partial charge in [0.2, 0.25) is 0 Å². The number of hydrogen-bond donors (Lipinski definition) is 1. The van der Waals surface area contributed by atoms with E-state index in [1.54, 1.807) is 11.3 Å². The number of likely N-dealkylation sites (tertiary alicyclic amines) is 1. The number of guanidine groups is 1. The summed E-state index contributed by atoms with van der Waals surface area (Å²) in [4.78, 5) is 12.7. The molecule has 0 bridgehead atoms. The van der Waals surface area contributed by atoms with Gasteiger partial charge in [-0.15, -0.1) is 11.3 Å². The van der Waals surface area contributed by atoms with Crippen LogP contribution in [0.2, 0.25) is 0 Å². The summed E-state index contributed by atoms with van der Waals surface area (Å²) in [6.07, 6.45) is 2.54.